The van der Waals surface area contributed by atoms with Crippen LogP contribution in [0, 0.1) is 0 Å². The molecule has 0 amide bonds. The zero-order valence-corrected chi connectivity index (χ0v) is 16.3. The van der Waals surface area contributed by atoms with Crippen molar-refractivity contribution in [3.63, 3.8) is 0 Å². The quantitative estimate of drug-likeness (QED) is 0.283. The first-order chi connectivity index (χ1) is 12.1. The summed E-state index contributed by atoms with van der Waals surface area (Å²) in [6, 6.07) is 0. The highest BCUT2D eigenvalue weighted by molar-refractivity contribution is 5.71. The van der Waals surface area contributed by atoms with Crippen LogP contribution < -0.4 is 10.6 Å². The summed E-state index contributed by atoms with van der Waals surface area (Å²) in [4.78, 5) is 27.0. The Labute approximate surface area is 152 Å². The number of nitrogens with zero attached hydrogens (tertiary/aromatic N) is 2. The molecule has 0 aliphatic rings. The van der Waals surface area contributed by atoms with Gasteiger partial charge in [-0.2, -0.15) is 0 Å². The molecule has 0 saturated carbocycles. The standard InChI is InChI=1S/C17H36N4O4/c1-5-10-20(6-2)11-7-18-8-12-21(15-17(23)25-4)13-9-19-14-16(22)24-3/h18-19H,5-15H2,1-4H3. The third kappa shape index (κ3) is 13.7. The summed E-state index contributed by atoms with van der Waals surface area (Å²) in [6.07, 6.45) is 1.17. The van der Waals surface area contributed by atoms with E-state index in [0.717, 1.165) is 39.3 Å². The molecule has 2 N–H and O–H groups in total. The number of hydrogen-bond donors (Lipinski definition) is 2. The lowest BCUT2D eigenvalue weighted by Gasteiger charge is -2.22. The second-order valence-corrected chi connectivity index (χ2v) is 5.79. The SMILES string of the molecule is CCCN(CC)CCNCCN(CCNCC(=O)OC)CC(=O)OC. The molecule has 0 aromatic carbocycles. The maximum absolute atomic E-state index is 11.5. The maximum Gasteiger partial charge on any atom is 0.319 e. The van der Waals surface area contributed by atoms with Crippen LogP contribution in [0.3, 0.4) is 0 Å². The summed E-state index contributed by atoms with van der Waals surface area (Å²) in [5, 5.41) is 6.42. The van der Waals surface area contributed by atoms with Crippen molar-refractivity contribution in [3.05, 3.63) is 0 Å². The molecule has 0 saturated heterocycles. The number of likely N-dealkylation sites (N-methyl/N-ethyl adjacent to an activating group) is 1. The number of rotatable bonds is 16. The maximum atomic E-state index is 11.5. The summed E-state index contributed by atoms with van der Waals surface area (Å²) in [6.45, 7) is 11.7. The molecule has 0 atom stereocenters. The van der Waals surface area contributed by atoms with Crippen molar-refractivity contribution in [2.75, 3.05) is 79.7 Å². The Morgan fingerprint density at radius 3 is 1.88 bits per heavy atom. The number of nitrogens with one attached hydrogen (secondary N) is 2. The summed E-state index contributed by atoms with van der Waals surface area (Å²) in [7, 11) is 2.75. The molecule has 25 heavy (non-hydrogen) atoms. The first-order valence-corrected chi connectivity index (χ1v) is 9.07. The molecule has 0 rings (SSSR count). The smallest absolute Gasteiger partial charge is 0.319 e. The van der Waals surface area contributed by atoms with E-state index in [4.69, 9.17) is 4.74 Å². The van der Waals surface area contributed by atoms with Crippen LogP contribution >= 0.6 is 0 Å². The van der Waals surface area contributed by atoms with Gasteiger partial charge in [0.15, 0.2) is 0 Å². The molecule has 8 nitrogen and oxygen atoms in total. The minimum Gasteiger partial charge on any atom is -0.468 e. The van der Waals surface area contributed by atoms with Gasteiger partial charge in [-0.3, -0.25) is 14.5 Å². The number of carbonyl (C=O) groups is 2. The molecule has 0 aliphatic heterocycles. The van der Waals surface area contributed by atoms with Gasteiger partial charge in [-0.25, -0.2) is 0 Å². The number of esters is 2. The Hall–Kier alpha value is -1.22. The van der Waals surface area contributed by atoms with Crippen LogP contribution in [-0.4, -0.2) is 101 Å². The fourth-order valence-corrected chi connectivity index (χ4v) is 2.36. The van der Waals surface area contributed by atoms with E-state index < -0.39 is 0 Å². The molecule has 8 heteroatoms. The molecule has 0 unspecified atom stereocenters. The van der Waals surface area contributed by atoms with Crippen molar-refractivity contribution in [3.8, 4) is 0 Å². The van der Waals surface area contributed by atoms with Crippen molar-refractivity contribution in [1.82, 2.24) is 20.4 Å². The number of ether oxygens (including phenoxy) is 2. The van der Waals surface area contributed by atoms with Crippen LogP contribution in [0.4, 0.5) is 0 Å². The fourth-order valence-electron chi connectivity index (χ4n) is 2.36. The predicted octanol–water partition coefficient (Wildman–Crippen LogP) is -0.454. The molecule has 148 valence electrons. The Balaban J connectivity index is 4.01. The van der Waals surface area contributed by atoms with E-state index >= 15 is 0 Å². The molecule has 0 radical (unpaired) electrons. The van der Waals surface area contributed by atoms with Crippen molar-refractivity contribution in [2.45, 2.75) is 20.3 Å². The highest BCUT2D eigenvalue weighted by Gasteiger charge is 2.11. The van der Waals surface area contributed by atoms with Crippen LogP contribution in [0.15, 0.2) is 0 Å². The molecule has 0 aromatic heterocycles. The monoisotopic (exact) mass is 360 g/mol. The van der Waals surface area contributed by atoms with Crippen LogP contribution in [-0.2, 0) is 19.1 Å². The third-order valence-electron chi connectivity index (χ3n) is 3.88. The van der Waals surface area contributed by atoms with Gasteiger partial charge in [0.2, 0.25) is 0 Å². The molecule has 0 aliphatic carbocycles. The van der Waals surface area contributed by atoms with Crippen molar-refractivity contribution in [2.24, 2.45) is 0 Å². The average molecular weight is 360 g/mol. The highest BCUT2D eigenvalue weighted by atomic mass is 16.5. The lowest BCUT2D eigenvalue weighted by atomic mass is 10.4. The number of methoxy groups -OCH3 is 2. The van der Waals surface area contributed by atoms with Crippen molar-refractivity contribution >= 4 is 11.9 Å². The van der Waals surface area contributed by atoms with Crippen LogP contribution in [0.1, 0.15) is 20.3 Å². The number of hydrogen-bond acceptors (Lipinski definition) is 8. The largest absolute Gasteiger partial charge is 0.468 e. The van der Waals surface area contributed by atoms with Gasteiger partial charge in [-0.1, -0.05) is 13.8 Å². The molecule has 0 heterocycles. The summed E-state index contributed by atoms with van der Waals surface area (Å²) in [5.74, 6) is -0.554. The first-order valence-electron chi connectivity index (χ1n) is 9.07. The zero-order valence-electron chi connectivity index (χ0n) is 16.3. The summed E-state index contributed by atoms with van der Waals surface area (Å²) >= 11 is 0. The predicted molar refractivity (Wildman–Crippen MR) is 98.6 cm³/mol. The molecular formula is C17H36N4O4. The lowest BCUT2D eigenvalue weighted by Crippen LogP contribution is -2.42. The van der Waals surface area contributed by atoms with Crippen molar-refractivity contribution in [1.29, 1.82) is 0 Å². The van der Waals surface area contributed by atoms with E-state index in [9.17, 15) is 9.59 Å². The Morgan fingerprint density at radius 1 is 0.800 bits per heavy atom. The topological polar surface area (TPSA) is 83.1 Å². The van der Waals surface area contributed by atoms with Gasteiger partial charge in [0.05, 0.1) is 27.3 Å². The molecule has 0 spiro atoms. The number of carbonyl (C=O) groups excluding carboxylic acids is 2. The van der Waals surface area contributed by atoms with E-state index in [0.29, 0.717) is 13.1 Å². The van der Waals surface area contributed by atoms with Gasteiger partial charge in [0.25, 0.3) is 0 Å². The fraction of sp³-hybridized carbons (Fsp3) is 0.882. The Morgan fingerprint density at radius 2 is 1.36 bits per heavy atom. The van der Waals surface area contributed by atoms with Crippen molar-refractivity contribution < 1.29 is 19.1 Å². The second-order valence-electron chi connectivity index (χ2n) is 5.79. The van der Waals surface area contributed by atoms with Crippen LogP contribution in [0.2, 0.25) is 0 Å². The molecular weight excluding hydrogens is 324 g/mol. The molecule has 0 aromatic rings. The van der Waals surface area contributed by atoms with Gasteiger partial charge in [-0.05, 0) is 19.5 Å². The van der Waals surface area contributed by atoms with E-state index in [1.54, 1.807) is 0 Å². The average Bonchev–Trinajstić information content (AvgIpc) is 2.62. The summed E-state index contributed by atoms with van der Waals surface area (Å²) in [5.41, 5.74) is 0. The second kappa shape index (κ2) is 16.3. The van der Waals surface area contributed by atoms with Gasteiger partial charge < -0.3 is 25.0 Å². The van der Waals surface area contributed by atoms with E-state index in [2.05, 4.69) is 34.1 Å². The Bertz CT molecular complexity index is 356. The van der Waals surface area contributed by atoms with Gasteiger partial charge >= 0.3 is 11.9 Å². The highest BCUT2D eigenvalue weighted by Crippen LogP contribution is 1.91. The van der Waals surface area contributed by atoms with Gasteiger partial charge in [0.1, 0.15) is 0 Å². The minimum atomic E-state index is -0.297. The van der Waals surface area contributed by atoms with E-state index in [1.165, 1.54) is 20.6 Å². The van der Waals surface area contributed by atoms with Gasteiger partial charge in [-0.15, -0.1) is 0 Å². The zero-order chi connectivity index (χ0) is 18.9. The van der Waals surface area contributed by atoms with Gasteiger partial charge in [0, 0.05) is 39.3 Å². The summed E-state index contributed by atoms with van der Waals surface area (Å²) < 4.78 is 9.31. The normalized spacial score (nSPS) is 11.1. The molecule has 0 bridgehead atoms. The molecule has 0 fully saturated rings. The Kier molecular flexibility index (Phi) is 15.5. The first kappa shape index (κ1) is 23.8. The third-order valence-corrected chi connectivity index (χ3v) is 3.88. The van der Waals surface area contributed by atoms with E-state index in [1.807, 2.05) is 4.90 Å². The lowest BCUT2D eigenvalue weighted by molar-refractivity contribution is -0.142. The van der Waals surface area contributed by atoms with E-state index in [-0.39, 0.29) is 25.0 Å². The van der Waals surface area contributed by atoms with Crippen LogP contribution in [0.5, 0.6) is 0 Å². The minimum absolute atomic E-state index is 0.172. The van der Waals surface area contributed by atoms with Crippen LogP contribution in [0.25, 0.3) is 0 Å².